The summed E-state index contributed by atoms with van der Waals surface area (Å²) < 4.78 is 0. The molecule has 1 amide bonds. The molecule has 2 saturated carbocycles. The van der Waals surface area contributed by atoms with Crippen molar-refractivity contribution in [3.63, 3.8) is 0 Å². The molecule has 0 radical (unpaired) electrons. The van der Waals surface area contributed by atoms with Crippen LogP contribution in [0.4, 0.5) is 0 Å². The molecule has 3 nitrogen and oxygen atoms in total. The number of carbonyl (C=O) groups is 1. The van der Waals surface area contributed by atoms with Crippen LogP contribution in [0.2, 0.25) is 0 Å². The molecular formula is C14H26N2O. The van der Waals surface area contributed by atoms with E-state index in [4.69, 9.17) is 0 Å². The summed E-state index contributed by atoms with van der Waals surface area (Å²) >= 11 is 0. The van der Waals surface area contributed by atoms with Crippen molar-refractivity contribution in [2.75, 3.05) is 19.6 Å². The van der Waals surface area contributed by atoms with Crippen molar-refractivity contribution >= 4 is 5.91 Å². The fraction of sp³-hybridized carbons (Fsp3) is 0.929. The average molecular weight is 238 g/mol. The summed E-state index contributed by atoms with van der Waals surface area (Å²) in [6.07, 6.45) is 3.68. The van der Waals surface area contributed by atoms with Gasteiger partial charge in [0.05, 0.1) is 0 Å². The molecule has 2 fully saturated rings. The van der Waals surface area contributed by atoms with E-state index in [1.54, 1.807) is 0 Å². The van der Waals surface area contributed by atoms with Gasteiger partial charge in [-0.05, 0) is 51.1 Å². The van der Waals surface area contributed by atoms with Gasteiger partial charge in [-0.3, -0.25) is 4.79 Å². The summed E-state index contributed by atoms with van der Waals surface area (Å²) in [5.41, 5.74) is 0. The van der Waals surface area contributed by atoms with Crippen LogP contribution in [-0.4, -0.2) is 36.5 Å². The summed E-state index contributed by atoms with van der Waals surface area (Å²) in [6.45, 7) is 9.55. The van der Waals surface area contributed by atoms with Crippen molar-refractivity contribution in [1.29, 1.82) is 0 Å². The van der Waals surface area contributed by atoms with Crippen LogP contribution in [0.15, 0.2) is 0 Å². The largest absolute Gasteiger partial charge is 0.352 e. The van der Waals surface area contributed by atoms with Crippen LogP contribution >= 0.6 is 0 Å². The number of hydrogen-bond acceptors (Lipinski definition) is 2. The maximum atomic E-state index is 12.1. The number of likely N-dealkylation sites (N-methyl/N-ethyl adjacent to an activating group) is 1. The van der Waals surface area contributed by atoms with Gasteiger partial charge in [0.25, 0.3) is 0 Å². The first-order chi connectivity index (χ1) is 8.13. The normalized spacial score (nSPS) is 32.4. The average Bonchev–Trinajstić information content (AvgIpc) is 2.93. The number of fused-ring (bicyclic) bond motifs is 1. The lowest BCUT2D eigenvalue weighted by Crippen LogP contribution is -2.44. The Morgan fingerprint density at radius 2 is 1.82 bits per heavy atom. The van der Waals surface area contributed by atoms with Crippen LogP contribution in [-0.2, 0) is 4.79 Å². The monoisotopic (exact) mass is 238 g/mol. The third-order valence-corrected chi connectivity index (χ3v) is 4.43. The first kappa shape index (κ1) is 12.9. The van der Waals surface area contributed by atoms with E-state index >= 15 is 0 Å². The number of rotatable bonds is 6. The van der Waals surface area contributed by atoms with Gasteiger partial charge in [-0.25, -0.2) is 0 Å². The number of amides is 1. The third-order valence-electron chi connectivity index (χ3n) is 4.43. The molecule has 3 unspecified atom stereocenters. The molecular weight excluding hydrogens is 212 g/mol. The molecule has 0 saturated heterocycles. The van der Waals surface area contributed by atoms with Gasteiger partial charge >= 0.3 is 0 Å². The molecule has 0 aromatic heterocycles. The predicted molar refractivity (Wildman–Crippen MR) is 69.7 cm³/mol. The van der Waals surface area contributed by atoms with Gasteiger partial charge in [-0.1, -0.05) is 13.8 Å². The van der Waals surface area contributed by atoms with Crippen molar-refractivity contribution in [1.82, 2.24) is 10.2 Å². The standard InChI is InChI=1S/C14H26N2O/c1-4-16(5-2)9-10(3)15-14(17)13-7-11-6-12(11)8-13/h10-13H,4-9H2,1-3H3,(H,15,17). The minimum Gasteiger partial charge on any atom is -0.352 e. The zero-order valence-corrected chi connectivity index (χ0v) is 11.4. The first-order valence-corrected chi connectivity index (χ1v) is 7.16. The minimum atomic E-state index is 0.277. The number of hydrogen-bond donors (Lipinski definition) is 1. The van der Waals surface area contributed by atoms with E-state index in [1.165, 1.54) is 6.42 Å². The van der Waals surface area contributed by atoms with Gasteiger partial charge < -0.3 is 10.2 Å². The summed E-state index contributed by atoms with van der Waals surface area (Å²) in [6, 6.07) is 0.277. The topological polar surface area (TPSA) is 32.3 Å². The van der Waals surface area contributed by atoms with E-state index in [-0.39, 0.29) is 6.04 Å². The van der Waals surface area contributed by atoms with E-state index in [1.807, 2.05) is 0 Å². The van der Waals surface area contributed by atoms with Gasteiger partial charge in [0.15, 0.2) is 0 Å². The molecule has 0 bridgehead atoms. The van der Waals surface area contributed by atoms with Crippen molar-refractivity contribution in [3.8, 4) is 0 Å². The zero-order chi connectivity index (χ0) is 12.4. The Kier molecular flexibility index (Phi) is 4.08. The Bertz CT molecular complexity index is 265. The van der Waals surface area contributed by atoms with E-state index < -0.39 is 0 Å². The zero-order valence-electron chi connectivity index (χ0n) is 11.4. The van der Waals surface area contributed by atoms with Gasteiger partial charge in [0.1, 0.15) is 0 Å². The Morgan fingerprint density at radius 1 is 1.24 bits per heavy atom. The Morgan fingerprint density at radius 3 is 2.35 bits per heavy atom. The first-order valence-electron chi connectivity index (χ1n) is 7.16. The van der Waals surface area contributed by atoms with Gasteiger partial charge in [0.2, 0.25) is 5.91 Å². The van der Waals surface area contributed by atoms with Crippen LogP contribution in [0.1, 0.15) is 40.0 Å². The highest BCUT2D eigenvalue weighted by Gasteiger charge is 2.48. The van der Waals surface area contributed by atoms with Crippen LogP contribution in [0.25, 0.3) is 0 Å². The van der Waals surface area contributed by atoms with Crippen molar-refractivity contribution in [3.05, 3.63) is 0 Å². The van der Waals surface area contributed by atoms with Crippen LogP contribution in [0.5, 0.6) is 0 Å². The molecule has 0 aromatic carbocycles. The van der Waals surface area contributed by atoms with Gasteiger partial charge in [0, 0.05) is 18.5 Å². The minimum absolute atomic E-state index is 0.277. The molecule has 98 valence electrons. The maximum Gasteiger partial charge on any atom is 0.223 e. The molecule has 17 heavy (non-hydrogen) atoms. The highest BCUT2D eigenvalue weighted by Crippen LogP contribution is 2.54. The van der Waals surface area contributed by atoms with Crippen molar-refractivity contribution in [2.45, 2.75) is 46.1 Å². The number of nitrogens with zero attached hydrogens (tertiary/aromatic N) is 1. The van der Waals surface area contributed by atoms with Crippen LogP contribution < -0.4 is 5.32 Å². The molecule has 3 heteroatoms. The summed E-state index contributed by atoms with van der Waals surface area (Å²) in [5.74, 6) is 2.41. The number of nitrogens with one attached hydrogen (secondary N) is 1. The second-order valence-corrected chi connectivity index (χ2v) is 5.82. The second kappa shape index (κ2) is 5.38. The van der Waals surface area contributed by atoms with Gasteiger partial charge in [-0.2, -0.15) is 0 Å². The van der Waals surface area contributed by atoms with Gasteiger partial charge in [-0.15, -0.1) is 0 Å². The molecule has 0 aromatic rings. The van der Waals surface area contributed by atoms with E-state index in [2.05, 4.69) is 31.0 Å². The molecule has 0 spiro atoms. The SMILES string of the molecule is CCN(CC)CC(C)NC(=O)C1CC2CC2C1. The smallest absolute Gasteiger partial charge is 0.223 e. The van der Waals surface area contributed by atoms with Crippen LogP contribution in [0, 0.1) is 17.8 Å². The predicted octanol–water partition coefficient (Wildman–Crippen LogP) is 1.88. The lowest BCUT2D eigenvalue weighted by Gasteiger charge is -2.24. The molecule has 0 aliphatic heterocycles. The van der Waals surface area contributed by atoms with E-state index in [0.29, 0.717) is 11.8 Å². The van der Waals surface area contributed by atoms with Crippen LogP contribution in [0.3, 0.4) is 0 Å². The molecule has 2 aliphatic rings. The highest BCUT2D eigenvalue weighted by atomic mass is 16.1. The molecule has 1 N–H and O–H groups in total. The quantitative estimate of drug-likeness (QED) is 0.766. The highest BCUT2D eigenvalue weighted by molar-refractivity contribution is 5.79. The Labute approximate surface area is 105 Å². The third kappa shape index (κ3) is 3.21. The Hall–Kier alpha value is -0.570. The second-order valence-electron chi connectivity index (χ2n) is 5.82. The summed E-state index contributed by atoms with van der Waals surface area (Å²) in [5, 5.41) is 3.18. The van der Waals surface area contributed by atoms with E-state index in [9.17, 15) is 4.79 Å². The molecule has 3 atom stereocenters. The maximum absolute atomic E-state index is 12.1. The molecule has 2 rings (SSSR count). The summed E-state index contributed by atoms with van der Waals surface area (Å²) in [7, 11) is 0. The lowest BCUT2D eigenvalue weighted by molar-refractivity contribution is -0.125. The lowest BCUT2D eigenvalue weighted by atomic mass is 10.0. The fourth-order valence-corrected chi connectivity index (χ4v) is 3.20. The summed E-state index contributed by atoms with van der Waals surface area (Å²) in [4.78, 5) is 14.4. The van der Waals surface area contributed by atoms with E-state index in [0.717, 1.165) is 44.3 Å². The fourth-order valence-electron chi connectivity index (χ4n) is 3.20. The Balaban J connectivity index is 1.70. The molecule has 0 heterocycles. The van der Waals surface area contributed by atoms with Crippen molar-refractivity contribution < 1.29 is 4.79 Å². The van der Waals surface area contributed by atoms with Crippen molar-refractivity contribution in [2.24, 2.45) is 17.8 Å². The molecule has 2 aliphatic carbocycles. The number of carbonyl (C=O) groups excluding carboxylic acids is 1.